The topological polar surface area (TPSA) is 70.3 Å². The average molecular weight is 185 g/mol. The summed E-state index contributed by atoms with van der Waals surface area (Å²) < 4.78 is 4.73. The molecule has 2 atom stereocenters. The van der Waals surface area contributed by atoms with Gasteiger partial charge in [0.15, 0.2) is 5.41 Å². The van der Waals surface area contributed by atoms with Crippen molar-refractivity contribution in [1.82, 2.24) is 0 Å². The summed E-state index contributed by atoms with van der Waals surface area (Å²) >= 11 is 0. The normalized spacial score (nSPS) is 16.8. The summed E-state index contributed by atoms with van der Waals surface area (Å²) in [4.78, 5) is 11.3. The SMILES string of the molecule is CCOC(=O)C(C)(C#N)CC(C)O. The van der Waals surface area contributed by atoms with Gasteiger partial charge in [-0.1, -0.05) is 0 Å². The maximum atomic E-state index is 11.3. The average Bonchev–Trinajstić information content (AvgIpc) is 2.03. The number of carbonyl (C=O) groups is 1. The molecule has 4 heteroatoms. The van der Waals surface area contributed by atoms with Crippen molar-refractivity contribution in [3.8, 4) is 6.07 Å². The number of aliphatic hydroxyl groups excluding tert-OH is 1. The molecule has 0 fully saturated rings. The number of nitrogens with zero attached hydrogens (tertiary/aromatic N) is 1. The van der Waals surface area contributed by atoms with Crippen molar-refractivity contribution in [2.75, 3.05) is 6.61 Å². The standard InChI is InChI=1S/C9H15NO3/c1-4-13-8(12)9(3,6-10)5-7(2)11/h7,11H,4-5H2,1-3H3. The number of nitriles is 1. The molecule has 0 saturated heterocycles. The third kappa shape index (κ3) is 3.43. The van der Waals surface area contributed by atoms with Crippen LogP contribution in [0.15, 0.2) is 0 Å². The van der Waals surface area contributed by atoms with E-state index < -0.39 is 17.5 Å². The first-order valence-electron chi connectivity index (χ1n) is 4.22. The zero-order valence-corrected chi connectivity index (χ0v) is 8.20. The molecule has 2 unspecified atom stereocenters. The van der Waals surface area contributed by atoms with E-state index >= 15 is 0 Å². The van der Waals surface area contributed by atoms with E-state index in [1.54, 1.807) is 6.92 Å². The smallest absolute Gasteiger partial charge is 0.326 e. The lowest BCUT2D eigenvalue weighted by molar-refractivity contribution is -0.152. The molecule has 13 heavy (non-hydrogen) atoms. The summed E-state index contributed by atoms with van der Waals surface area (Å²) in [5.74, 6) is -0.571. The molecule has 0 aromatic carbocycles. The Morgan fingerprint density at radius 2 is 2.31 bits per heavy atom. The molecule has 74 valence electrons. The molecular formula is C9H15NO3. The number of ether oxygens (including phenoxy) is 1. The van der Waals surface area contributed by atoms with Crippen molar-refractivity contribution in [2.24, 2.45) is 5.41 Å². The van der Waals surface area contributed by atoms with Crippen LogP contribution in [0.4, 0.5) is 0 Å². The van der Waals surface area contributed by atoms with Gasteiger partial charge in [-0.2, -0.15) is 5.26 Å². The molecule has 4 nitrogen and oxygen atoms in total. The van der Waals surface area contributed by atoms with E-state index in [1.165, 1.54) is 13.8 Å². The maximum absolute atomic E-state index is 11.3. The molecule has 0 heterocycles. The molecule has 0 aromatic heterocycles. The lowest BCUT2D eigenvalue weighted by Gasteiger charge is -2.20. The van der Waals surface area contributed by atoms with Gasteiger partial charge in [-0.3, -0.25) is 4.79 Å². The molecule has 0 amide bonds. The molecular weight excluding hydrogens is 170 g/mol. The van der Waals surface area contributed by atoms with Crippen LogP contribution in [0.25, 0.3) is 0 Å². The predicted molar refractivity (Wildman–Crippen MR) is 46.7 cm³/mol. The van der Waals surface area contributed by atoms with Gasteiger partial charge in [0.05, 0.1) is 18.8 Å². The summed E-state index contributed by atoms with van der Waals surface area (Å²) in [5, 5.41) is 17.8. The lowest BCUT2D eigenvalue weighted by atomic mass is 9.86. The zero-order valence-electron chi connectivity index (χ0n) is 8.20. The van der Waals surface area contributed by atoms with Gasteiger partial charge in [0, 0.05) is 6.42 Å². The fourth-order valence-electron chi connectivity index (χ4n) is 1.06. The van der Waals surface area contributed by atoms with Crippen LogP contribution in [0.2, 0.25) is 0 Å². The van der Waals surface area contributed by atoms with E-state index in [2.05, 4.69) is 0 Å². The Balaban J connectivity index is 4.45. The first kappa shape index (κ1) is 11.9. The first-order chi connectivity index (χ1) is 5.96. The van der Waals surface area contributed by atoms with E-state index in [-0.39, 0.29) is 13.0 Å². The molecule has 0 spiro atoms. The minimum Gasteiger partial charge on any atom is -0.465 e. The fourth-order valence-corrected chi connectivity index (χ4v) is 1.06. The van der Waals surface area contributed by atoms with Gasteiger partial charge < -0.3 is 9.84 Å². The Labute approximate surface area is 78.1 Å². The van der Waals surface area contributed by atoms with Crippen LogP contribution in [-0.2, 0) is 9.53 Å². The second-order valence-corrected chi connectivity index (χ2v) is 3.22. The molecule has 0 aromatic rings. The highest BCUT2D eigenvalue weighted by molar-refractivity contribution is 5.79. The number of aliphatic hydroxyl groups is 1. The van der Waals surface area contributed by atoms with E-state index in [4.69, 9.17) is 15.1 Å². The fraction of sp³-hybridized carbons (Fsp3) is 0.778. The van der Waals surface area contributed by atoms with E-state index in [1.807, 2.05) is 6.07 Å². The molecule has 0 radical (unpaired) electrons. The van der Waals surface area contributed by atoms with Crippen LogP contribution in [0, 0.1) is 16.7 Å². The molecule has 1 N–H and O–H groups in total. The van der Waals surface area contributed by atoms with E-state index in [9.17, 15) is 4.79 Å². The van der Waals surface area contributed by atoms with Gasteiger partial charge >= 0.3 is 5.97 Å². The lowest BCUT2D eigenvalue weighted by Crippen LogP contribution is -2.31. The summed E-state index contributed by atoms with van der Waals surface area (Å²) in [5.41, 5.74) is -1.23. The first-order valence-corrected chi connectivity index (χ1v) is 4.22. The quantitative estimate of drug-likeness (QED) is 0.659. The van der Waals surface area contributed by atoms with Gasteiger partial charge in [0.25, 0.3) is 0 Å². The summed E-state index contributed by atoms with van der Waals surface area (Å²) in [7, 11) is 0. The number of carbonyl (C=O) groups excluding carboxylic acids is 1. The van der Waals surface area contributed by atoms with Crippen molar-refractivity contribution in [3.63, 3.8) is 0 Å². The third-order valence-electron chi connectivity index (χ3n) is 1.68. The van der Waals surface area contributed by atoms with Crippen LogP contribution in [0.3, 0.4) is 0 Å². The highest BCUT2D eigenvalue weighted by atomic mass is 16.5. The van der Waals surface area contributed by atoms with E-state index in [0.717, 1.165) is 0 Å². The van der Waals surface area contributed by atoms with Crippen LogP contribution >= 0.6 is 0 Å². The Bertz CT molecular complexity index is 219. The van der Waals surface area contributed by atoms with Crippen LogP contribution < -0.4 is 0 Å². The minimum absolute atomic E-state index is 0.0995. The van der Waals surface area contributed by atoms with E-state index in [0.29, 0.717) is 0 Å². The van der Waals surface area contributed by atoms with Crippen LogP contribution in [0.1, 0.15) is 27.2 Å². The highest BCUT2D eigenvalue weighted by Crippen LogP contribution is 2.23. The van der Waals surface area contributed by atoms with Crippen molar-refractivity contribution >= 4 is 5.97 Å². The van der Waals surface area contributed by atoms with Crippen LogP contribution in [-0.4, -0.2) is 23.8 Å². The molecule has 0 aliphatic heterocycles. The molecule has 0 bridgehead atoms. The maximum Gasteiger partial charge on any atom is 0.326 e. The third-order valence-corrected chi connectivity index (χ3v) is 1.68. The largest absolute Gasteiger partial charge is 0.465 e. The number of hydrogen-bond donors (Lipinski definition) is 1. The van der Waals surface area contributed by atoms with Crippen molar-refractivity contribution < 1.29 is 14.6 Å². The molecule has 0 saturated carbocycles. The van der Waals surface area contributed by atoms with Gasteiger partial charge in [-0.25, -0.2) is 0 Å². The van der Waals surface area contributed by atoms with Crippen molar-refractivity contribution in [1.29, 1.82) is 5.26 Å². The Morgan fingerprint density at radius 3 is 2.62 bits per heavy atom. The van der Waals surface area contributed by atoms with Crippen molar-refractivity contribution in [3.05, 3.63) is 0 Å². The number of esters is 1. The summed E-state index contributed by atoms with van der Waals surface area (Å²) in [6.07, 6.45) is -0.587. The molecule has 0 aliphatic rings. The van der Waals surface area contributed by atoms with Gasteiger partial charge in [0.2, 0.25) is 0 Å². The Kier molecular flexibility index (Phi) is 4.43. The monoisotopic (exact) mass is 185 g/mol. The molecule has 0 aliphatic carbocycles. The van der Waals surface area contributed by atoms with Gasteiger partial charge in [0.1, 0.15) is 0 Å². The Hall–Kier alpha value is -1.08. The van der Waals surface area contributed by atoms with Crippen LogP contribution in [0.5, 0.6) is 0 Å². The van der Waals surface area contributed by atoms with Crippen molar-refractivity contribution in [2.45, 2.75) is 33.3 Å². The second-order valence-electron chi connectivity index (χ2n) is 3.22. The zero-order chi connectivity index (χ0) is 10.5. The summed E-state index contributed by atoms with van der Waals surface area (Å²) in [6, 6.07) is 1.86. The Morgan fingerprint density at radius 1 is 1.77 bits per heavy atom. The highest BCUT2D eigenvalue weighted by Gasteiger charge is 2.36. The number of hydrogen-bond acceptors (Lipinski definition) is 4. The van der Waals surface area contributed by atoms with Gasteiger partial charge in [-0.15, -0.1) is 0 Å². The summed E-state index contributed by atoms with van der Waals surface area (Å²) in [6.45, 7) is 4.93. The van der Waals surface area contributed by atoms with Gasteiger partial charge in [-0.05, 0) is 20.8 Å². The minimum atomic E-state index is -1.23. The molecule has 0 rings (SSSR count). The number of rotatable bonds is 4. The second kappa shape index (κ2) is 4.83. The predicted octanol–water partition coefficient (Wildman–Crippen LogP) is 0.850.